The molecule has 4 nitrogen and oxygen atoms in total. The molecule has 0 amide bonds. The molecule has 2 atom stereocenters. The summed E-state index contributed by atoms with van der Waals surface area (Å²) in [6.45, 7) is 4.45. The van der Waals surface area contributed by atoms with Crippen LogP contribution in [0.5, 0.6) is 0 Å². The van der Waals surface area contributed by atoms with Crippen molar-refractivity contribution < 1.29 is 14.3 Å². The Hall–Kier alpha value is -1.06. The van der Waals surface area contributed by atoms with E-state index in [0.29, 0.717) is 12.5 Å². The van der Waals surface area contributed by atoms with Crippen molar-refractivity contribution in [3.05, 3.63) is 0 Å². The van der Waals surface area contributed by atoms with Crippen molar-refractivity contribution in [1.29, 1.82) is 0 Å². The molecule has 1 heterocycles. The maximum absolute atomic E-state index is 11.4. The summed E-state index contributed by atoms with van der Waals surface area (Å²) in [5.41, 5.74) is 0. The van der Waals surface area contributed by atoms with Gasteiger partial charge in [0.25, 0.3) is 0 Å². The summed E-state index contributed by atoms with van der Waals surface area (Å²) in [6.07, 6.45) is 1.68. The van der Waals surface area contributed by atoms with Crippen LogP contribution < -0.4 is 0 Å². The highest BCUT2D eigenvalue weighted by molar-refractivity contribution is 5.98. The normalized spacial score (nSPS) is 26.6. The van der Waals surface area contributed by atoms with Gasteiger partial charge >= 0.3 is 5.97 Å². The van der Waals surface area contributed by atoms with E-state index in [2.05, 4.69) is 4.99 Å². The Morgan fingerprint density at radius 2 is 2.29 bits per heavy atom. The Bertz CT molecular complexity index is 238. The fourth-order valence-corrected chi connectivity index (χ4v) is 1.55. The first-order valence-corrected chi connectivity index (χ1v) is 4.97. The van der Waals surface area contributed by atoms with Gasteiger partial charge in [-0.05, 0) is 26.7 Å². The van der Waals surface area contributed by atoms with Gasteiger partial charge in [-0.25, -0.2) is 0 Å². The summed E-state index contributed by atoms with van der Waals surface area (Å²) in [4.78, 5) is 15.7. The molecule has 1 rings (SSSR count). The maximum Gasteiger partial charge on any atom is 0.318 e. The first-order valence-electron chi connectivity index (χ1n) is 4.97. The van der Waals surface area contributed by atoms with Crippen LogP contribution in [0.1, 0.15) is 26.7 Å². The predicted molar refractivity (Wildman–Crippen MR) is 53.3 cm³/mol. The van der Waals surface area contributed by atoms with E-state index in [0.717, 1.165) is 12.8 Å². The molecule has 0 bridgehead atoms. The number of aliphatic imine (C=N–C) groups is 1. The highest BCUT2D eigenvalue weighted by atomic mass is 16.5. The van der Waals surface area contributed by atoms with E-state index >= 15 is 0 Å². The highest BCUT2D eigenvalue weighted by Crippen LogP contribution is 2.21. The number of methoxy groups -OCH3 is 1. The summed E-state index contributed by atoms with van der Waals surface area (Å²) in [6, 6.07) is 0.248. The van der Waals surface area contributed by atoms with Crippen LogP contribution in [0.4, 0.5) is 0 Å². The van der Waals surface area contributed by atoms with Crippen molar-refractivity contribution in [3.63, 3.8) is 0 Å². The van der Waals surface area contributed by atoms with Crippen LogP contribution in [0.2, 0.25) is 0 Å². The largest absolute Gasteiger partial charge is 0.481 e. The zero-order chi connectivity index (χ0) is 10.6. The summed E-state index contributed by atoms with van der Waals surface area (Å²) in [7, 11) is 1.39. The number of rotatable bonds is 2. The Morgan fingerprint density at radius 1 is 1.57 bits per heavy atom. The molecule has 0 saturated heterocycles. The molecule has 0 spiro atoms. The lowest BCUT2D eigenvalue weighted by atomic mass is 9.97. The van der Waals surface area contributed by atoms with Crippen molar-refractivity contribution in [2.75, 3.05) is 13.7 Å². The highest BCUT2D eigenvalue weighted by Gasteiger charge is 2.30. The fraction of sp³-hybridized carbons (Fsp3) is 0.800. The van der Waals surface area contributed by atoms with Crippen molar-refractivity contribution in [2.45, 2.75) is 32.7 Å². The molecular weight excluding hydrogens is 182 g/mol. The molecule has 0 radical (unpaired) electrons. The monoisotopic (exact) mass is 199 g/mol. The molecule has 14 heavy (non-hydrogen) atoms. The molecular formula is C10H17NO3. The van der Waals surface area contributed by atoms with E-state index in [4.69, 9.17) is 9.47 Å². The van der Waals surface area contributed by atoms with Crippen LogP contribution in [0.3, 0.4) is 0 Å². The number of nitrogens with zero attached hydrogens (tertiary/aromatic N) is 1. The number of carbonyl (C=O) groups excluding carboxylic acids is 1. The Morgan fingerprint density at radius 3 is 2.86 bits per heavy atom. The second-order valence-corrected chi connectivity index (χ2v) is 3.40. The third-order valence-electron chi connectivity index (χ3n) is 2.30. The van der Waals surface area contributed by atoms with Crippen molar-refractivity contribution in [3.8, 4) is 0 Å². The molecule has 0 aromatic heterocycles. The Balaban J connectivity index is 2.74. The fourth-order valence-electron chi connectivity index (χ4n) is 1.55. The second-order valence-electron chi connectivity index (χ2n) is 3.40. The van der Waals surface area contributed by atoms with Gasteiger partial charge in [-0.2, -0.15) is 0 Å². The third kappa shape index (κ3) is 2.47. The first-order chi connectivity index (χ1) is 6.69. The van der Waals surface area contributed by atoms with E-state index < -0.39 is 0 Å². The van der Waals surface area contributed by atoms with Gasteiger partial charge in [0.1, 0.15) is 5.92 Å². The molecule has 0 saturated carbocycles. The van der Waals surface area contributed by atoms with E-state index in [1.165, 1.54) is 7.11 Å². The van der Waals surface area contributed by atoms with Crippen LogP contribution in [-0.4, -0.2) is 31.6 Å². The molecule has 2 unspecified atom stereocenters. The first kappa shape index (κ1) is 11.0. The number of esters is 1. The minimum absolute atomic E-state index is 0.246. The van der Waals surface area contributed by atoms with Gasteiger partial charge in [-0.3, -0.25) is 9.79 Å². The van der Waals surface area contributed by atoms with Gasteiger partial charge < -0.3 is 9.47 Å². The SMILES string of the molecule is CCOC1=NC(C)CCC1C(=O)OC. The molecule has 1 aliphatic heterocycles. The zero-order valence-corrected chi connectivity index (χ0v) is 8.95. The average molecular weight is 199 g/mol. The van der Waals surface area contributed by atoms with E-state index in [1.807, 2.05) is 13.8 Å². The van der Waals surface area contributed by atoms with E-state index in [1.54, 1.807) is 0 Å². The van der Waals surface area contributed by atoms with Crippen molar-refractivity contribution in [1.82, 2.24) is 0 Å². The molecule has 0 fully saturated rings. The van der Waals surface area contributed by atoms with Crippen LogP contribution in [-0.2, 0) is 14.3 Å². The zero-order valence-electron chi connectivity index (χ0n) is 8.95. The minimum atomic E-state index is -0.295. The van der Waals surface area contributed by atoms with Gasteiger partial charge in [-0.15, -0.1) is 0 Å². The molecule has 0 aromatic carbocycles. The lowest BCUT2D eigenvalue weighted by Gasteiger charge is -2.23. The number of carbonyl (C=O) groups is 1. The van der Waals surface area contributed by atoms with Crippen LogP contribution in [0, 0.1) is 5.92 Å². The lowest BCUT2D eigenvalue weighted by molar-refractivity contribution is -0.143. The molecule has 0 N–H and O–H groups in total. The second kappa shape index (κ2) is 4.98. The quantitative estimate of drug-likeness (QED) is 0.631. The molecule has 0 aromatic rings. The van der Waals surface area contributed by atoms with Gasteiger partial charge in [0.15, 0.2) is 5.90 Å². The minimum Gasteiger partial charge on any atom is -0.481 e. The maximum atomic E-state index is 11.4. The van der Waals surface area contributed by atoms with Crippen molar-refractivity contribution in [2.24, 2.45) is 10.9 Å². The summed E-state index contributed by atoms with van der Waals surface area (Å²) < 4.78 is 10.0. The summed E-state index contributed by atoms with van der Waals surface area (Å²) in [5, 5.41) is 0. The number of hydrogen-bond acceptors (Lipinski definition) is 4. The van der Waals surface area contributed by atoms with Crippen LogP contribution in [0.25, 0.3) is 0 Å². The Labute approximate surface area is 84.3 Å². The summed E-state index contributed by atoms with van der Waals surface area (Å²) >= 11 is 0. The van der Waals surface area contributed by atoms with Gasteiger partial charge in [0, 0.05) is 0 Å². The van der Waals surface area contributed by atoms with Crippen LogP contribution >= 0.6 is 0 Å². The standard InChI is InChI=1S/C10H17NO3/c1-4-14-9-8(10(12)13-3)6-5-7(2)11-9/h7-8H,4-6H2,1-3H3. The van der Waals surface area contributed by atoms with Gasteiger partial charge in [0.2, 0.25) is 0 Å². The molecule has 80 valence electrons. The smallest absolute Gasteiger partial charge is 0.318 e. The Kier molecular flexibility index (Phi) is 3.92. The summed E-state index contributed by atoms with van der Waals surface area (Å²) in [5.74, 6) is -0.00153. The topological polar surface area (TPSA) is 47.9 Å². The molecule has 0 aliphatic carbocycles. The molecule has 1 aliphatic rings. The number of hydrogen-bond donors (Lipinski definition) is 0. The van der Waals surface area contributed by atoms with Gasteiger partial charge in [-0.1, -0.05) is 0 Å². The van der Waals surface area contributed by atoms with Gasteiger partial charge in [0.05, 0.1) is 19.8 Å². The van der Waals surface area contributed by atoms with E-state index in [-0.39, 0.29) is 17.9 Å². The predicted octanol–water partition coefficient (Wildman–Crippen LogP) is 1.39. The van der Waals surface area contributed by atoms with E-state index in [9.17, 15) is 4.79 Å². The number of ether oxygens (including phenoxy) is 2. The third-order valence-corrected chi connectivity index (χ3v) is 2.30. The average Bonchev–Trinajstić information content (AvgIpc) is 2.17. The van der Waals surface area contributed by atoms with Crippen molar-refractivity contribution >= 4 is 11.9 Å². The van der Waals surface area contributed by atoms with Crippen LogP contribution in [0.15, 0.2) is 4.99 Å². The lowest BCUT2D eigenvalue weighted by Crippen LogP contribution is -2.32. The molecule has 4 heteroatoms.